The molecular weight excluding hydrogens is 108 g/mol. The van der Waals surface area contributed by atoms with E-state index in [0.717, 1.165) is 0 Å². The summed E-state index contributed by atoms with van der Waals surface area (Å²) in [5, 5.41) is 0. The lowest BCUT2D eigenvalue weighted by atomic mass is 9.88. The molecule has 0 aromatic rings. The van der Waals surface area contributed by atoms with E-state index in [4.69, 9.17) is 0 Å². The van der Waals surface area contributed by atoms with Crippen molar-refractivity contribution >= 4 is 0 Å². The zero-order chi connectivity index (χ0) is 7.49. The van der Waals surface area contributed by atoms with Gasteiger partial charge in [0, 0.05) is 0 Å². The smallest absolute Gasteiger partial charge is 0.0175 e. The molecule has 0 aromatic carbocycles. The molecule has 0 aliphatic rings. The van der Waals surface area contributed by atoms with Crippen LogP contribution in [0.2, 0.25) is 0 Å². The molecule has 0 heterocycles. The van der Waals surface area contributed by atoms with Crippen molar-refractivity contribution in [1.82, 2.24) is 0 Å². The van der Waals surface area contributed by atoms with Gasteiger partial charge in [-0.1, -0.05) is 32.4 Å². The molecule has 0 fully saturated rings. The van der Waals surface area contributed by atoms with Crippen LogP contribution in [0.3, 0.4) is 0 Å². The van der Waals surface area contributed by atoms with Crippen molar-refractivity contribution in [1.29, 1.82) is 0 Å². The summed E-state index contributed by atoms with van der Waals surface area (Å²) in [6.45, 7) is 11.0. The molecule has 0 bridgehead atoms. The Hall–Kier alpha value is -0.260. The van der Waals surface area contributed by atoms with Crippen LogP contribution in [-0.2, 0) is 0 Å². The maximum Gasteiger partial charge on any atom is -0.0175 e. The van der Waals surface area contributed by atoms with Crippen molar-refractivity contribution in [3.8, 4) is 0 Å². The maximum atomic E-state index is 2.33. The Labute approximate surface area is 59.0 Å². The first-order valence-corrected chi connectivity index (χ1v) is 3.64. The van der Waals surface area contributed by atoms with E-state index in [9.17, 15) is 0 Å². The van der Waals surface area contributed by atoms with Gasteiger partial charge in [-0.05, 0) is 25.7 Å². The van der Waals surface area contributed by atoms with Crippen molar-refractivity contribution in [2.75, 3.05) is 0 Å². The largest absolute Gasteiger partial charge is 0.0802 e. The van der Waals surface area contributed by atoms with Gasteiger partial charge < -0.3 is 0 Å². The van der Waals surface area contributed by atoms with Gasteiger partial charge in [0.15, 0.2) is 0 Å². The minimum Gasteiger partial charge on any atom is -0.0802 e. The van der Waals surface area contributed by atoms with E-state index >= 15 is 0 Å². The fraction of sp³-hybridized carbons (Fsp3) is 0.778. The van der Waals surface area contributed by atoms with E-state index < -0.39 is 0 Å². The van der Waals surface area contributed by atoms with Crippen molar-refractivity contribution in [2.45, 2.75) is 41.0 Å². The van der Waals surface area contributed by atoms with Crippen LogP contribution in [0.4, 0.5) is 0 Å². The first-order chi connectivity index (χ1) is 3.98. The highest BCUT2D eigenvalue weighted by Crippen LogP contribution is 2.22. The van der Waals surface area contributed by atoms with E-state index in [1.54, 1.807) is 0 Å². The third-order valence-corrected chi connectivity index (χ3v) is 1.59. The normalized spacial score (nSPS) is 11.2. The average Bonchev–Trinajstić information content (AvgIpc) is 1.63. The van der Waals surface area contributed by atoms with Gasteiger partial charge in [-0.3, -0.25) is 0 Å². The van der Waals surface area contributed by atoms with Crippen LogP contribution in [0.15, 0.2) is 11.6 Å². The molecule has 0 unspecified atom stereocenters. The summed E-state index contributed by atoms with van der Waals surface area (Å²) < 4.78 is 0. The lowest BCUT2D eigenvalue weighted by Crippen LogP contribution is -2.04. The van der Waals surface area contributed by atoms with E-state index in [2.05, 4.69) is 40.7 Å². The maximum absolute atomic E-state index is 2.33. The molecule has 0 spiro atoms. The molecule has 9 heavy (non-hydrogen) atoms. The molecule has 0 atom stereocenters. The van der Waals surface area contributed by atoms with Crippen LogP contribution in [0.1, 0.15) is 41.0 Å². The number of hydrogen-bond acceptors (Lipinski definition) is 0. The van der Waals surface area contributed by atoms with Crippen LogP contribution in [0.5, 0.6) is 0 Å². The lowest BCUT2D eigenvalue weighted by molar-refractivity contribution is 0.459. The SMILES string of the molecule is CCC(C)(C)C=C(C)C. The van der Waals surface area contributed by atoms with Crippen LogP contribution in [0, 0.1) is 5.41 Å². The molecular formula is C9H18. The van der Waals surface area contributed by atoms with Crippen molar-refractivity contribution in [2.24, 2.45) is 5.41 Å². The predicted molar refractivity (Wildman–Crippen MR) is 43.5 cm³/mol. The van der Waals surface area contributed by atoms with Crippen LogP contribution in [-0.4, -0.2) is 0 Å². The second kappa shape index (κ2) is 3.05. The fourth-order valence-electron chi connectivity index (χ4n) is 0.884. The highest BCUT2D eigenvalue weighted by Gasteiger charge is 2.09. The molecule has 0 N–H and O–H groups in total. The molecule has 54 valence electrons. The van der Waals surface area contributed by atoms with E-state index in [-0.39, 0.29) is 0 Å². The summed E-state index contributed by atoms with van der Waals surface area (Å²) >= 11 is 0. The Morgan fingerprint density at radius 3 is 1.89 bits per heavy atom. The molecule has 0 amide bonds. The van der Waals surface area contributed by atoms with E-state index in [1.807, 2.05) is 0 Å². The summed E-state index contributed by atoms with van der Waals surface area (Å²) in [5.74, 6) is 0. The molecule has 0 heteroatoms. The highest BCUT2D eigenvalue weighted by molar-refractivity contribution is 5.01. The van der Waals surface area contributed by atoms with Crippen molar-refractivity contribution < 1.29 is 0 Å². The Balaban J connectivity index is 4.01. The van der Waals surface area contributed by atoms with Gasteiger partial charge in [0.2, 0.25) is 0 Å². The van der Waals surface area contributed by atoms with Crippen LogP contribution < -0.4 is 0 Å². The summed E-state index contributed by atoms with van der Waals surface area (Å²) in [6.07, 6.45) is 3.55. The summed E-state index contributed by atoms with van der Waals surface area (Å²) in [5.41, 5.74) is 1.82. The topological polar surface area (TPSA) is 0 Å². The Morgan fingerprint density at radius 1 is 1.33 bits per heavy atom. The number of rotatable bonds is 2. The van der Waals surface area contributed by atoms with Gasteiger partial charge in [0.05, 0.1) is 0 Å². The van der Waals surface area contributed by atoms with Gasteiger partial charge in [-0.2, -0.15) is 0 Å². The monoisotopic (exact) mass is 126 g/mol. The fourth-order valence-corrected chi connectivity index (χ4v) is 0.884. The Morgan fingerprint density at radius 2 is 1.78 bits per heavy atom. The highest BCUT2D eigenvalue weighted by atomic mass is 14.1. The third kappa shape index (κ3) is 4.26. The minimum atomic E-state index is 0.402. The quantitative estimate of drug-likeness (QED) is 0.497. The van der Waals surface area contributed by atoms with Crippen LogP contribution in [0.25, 0.3) is 0 Å². The van der Waals surface area contributed by atoms with Crippen molar-refractivity contribution in [3.63, 3.8) is 0 Å². The first-order valence-electron chi connectivity index (χ1n) is 3.64. The van der Waals surface area contributed by atoms with E-state index in [0.29, 0.717) is 5.41 Å². The Bertz CT molecular complexity index is 103. The number of allylic oxidation sites excluding steroid dienone is 2. The molecule has 0 saturated carbocycles. The summed E-state index contributed by atoms with van der Waals surface area (Å²) in [4.78, 5) is 0. The number of hydrogen-bond donors (Lipinski definition) is 0. The second-order valence-electron chi connectivity index (χ2n) is 3.56. The lowest BCUT2D eigenvalue weighted by Gasteiger charge is -2.17. The first kappa shape index (κ1) is 8.74. The van der Waals surface area contributed by atoms with Gasteiger partial charge in [-0.25, -0.2) is 0 Å². The van der Waals surface area contributed by atoms with Gasteiger partial charge in [-0.15, -0.1) is 0 Å². The Kier molecular flexibility index (Phi) is 2.96. The zero-order valence-corrected chi connectivity index (χ0v) is 7.28. The third-order valence-electron chi connectivity index (χ3n) is 1.59. The summed E-state index contributed by atoms with van der Waals surface area (Å²) in [6, 6.07) is 0. The standard InChI is InChI=1S/C9H18/c1-6-9(4,5)7-8(2)3/h7H,6H2,1-5H3. The molecule has 0 aromatic heterocycles. The van der Waals surface area contributed by atoms with Crippen molar-refractivity contribution in [3.05, 3.63) is 11.6 Å². The van der Waals surface area contributed by atoms with E-state index in [1.165, 1.54) is 12.0 Å². The van der Waals surface area contributed by atoms with Gasteiger partial charge in [0.25, 0.3) is 0 Å². The molecule has 0 saturated heterocycles. The molecule has 0 rings (SSSR count). The molecule has 0 radical (unpaired) electrons. The molecule has 0 nitrogen and oxygen atoms in total. The average molecular weight is 126 g/mol. The predicted octanol–water partition coefficient (Wildman–Crippen LogP) is 3.39. The van der Waals surface area contributed by atoms with Gasteiger partial charge >= 0.3 is 0 Å². The van der Waals surface area contributed by atoms with Gasteiger partial charge in [0.1, 0.15) is 0 Å². The molecule has 0 aliphatic carbocycles. The summed E-state index contributed by atoms with van der Waals surface area (Å²) in [7, 11) is 0. The second-order valence-corrected chi connectivity index (χ2v) is 3.56. The molecule has 0 aliphatic heterocycles. The zero-order valence-electron chi connectivity index (χ0n) is 7.28. The minimum absolute atomic E-state index is 0.402. The van der Waals surface area contributed by atoms with Crippen LogP contribution >= 0.6 is 0 Å².